The molecule has 76 valence electrons. The second kappa shape index (κ2) is 4.14. The van der Waals surface area contributed by atoms with Gasteiger partial charge in [-0.3, -0.25) is 4.79 Å². The summed E-state index contributed by atoms with van der Waals surface area (Å²) in [6.07, 6.45) is 0.760. The largest absolute Gasteiger partial charge is 0.296 e. The zero-order chi connectivity index (χ0) is 10.8. The fourth-order valence-electron chi connectivity index (χ4n) is 1.40. The Morgan fingerprint density at radius 3 is 2.53 bits per heavy atom. The van der Waals surface area contributed by atoms with E-state index in [1.165, 1.54) is 3.57 Å². The van der Waals surface area contributed by atoms with Crippen molar-refractivity contribution in [3.05, 3.63) is 45.3 Å². The zero-order valence-corrected chi connectivity index (χ0v) is 10.3. The van der Waals surface area contributed by atoms with Gasteiger partial charge in [0.15, 0.2) is 6.29 Å². The molecule has 0 radical (unpaired) electrons. The number of benzene rings is 1. The first-order valence-electron chi connectivity index (χ1n) is 4.48. The van der Waals surface area contributed by atoms with Gasteiger partial charge in [-0.05, 0) is 59.8 Å². The van der Waals surface area contributed by atoms with Crippen LogP contribution in [0.2, 0.25) is 0 Å². The van der Waals surface area contributed by atoms with E-state index in [4.69, 9.17) is 0 Å². The normalized spacial score (nSPS) is 10.3. The highest BCUT2D eigenvalue weighted by molar-refractivity contribution is 14.1. The Morgan fingerprint density at radius 1 is 1.33 bits per heavy atom. The quantitative estimate of drug-likeness (QED) is 0.631. The standard InChI is InChI=1S/C11H9IN2O/c1-8-6-10(7-15)13-14(8)11-4-2-9(12)3-5-11/h2-7H,1H3. The molecule has 1 heterocycles. The van der Waals surface area contributed by atoms with E-state index >= 15 is 0 Å². The lowest BCUT2D eigenvalue weighted by Gasteiger charge is -2.03. The molecule has 1 aromatic heterocycles. The number of hydrogen-bond donors (Lipinski definition) is 0. The maximum atomic E-state index is 10.6. The number of hydrogen-bond acceptors (Lipinski definition) is 2. The molecule has 0 aliphatic carbocycles. The summed E-state index contributed by atoms with van der Waals surface area (Å²) in [5.41, 5.74) is 2.39. The van der Waals surface area contributed by atoms with Gasteiger partial charge in [0.25, 0.3) is 0 Å². The van der Waals surface area contributed by atoms with Crippen LogP contribution in [-0.4, -0.2) is 16.1 Å². The van der Waals surface area contributed by atoms with E-state index in [0.717, 1.165) is 17.7 Å². The highest BCUT2D eigenvalue weighted by atomic mass is 127. The van der Waals surface area contributed by atoms with Crippen LogP contribution in [0.15, 0.2) is 30.3 Å². The summed E-state index contributed by atoms with van der Waals surface area (Å²) in [5, 5.41) is 4.17. The van der Waals surface area contributed by atoms with Gasteiger partial charge >= 0.3 is 0 Å². The van der Waals surface area contributed by atoms with Gasteiger partial charge in [-0.15, -0.1) is 0 Å². The lowest BCUT2D eigenvalue weighted by atomic mass is 10.3. The van der Waals surface area contributed by atoms with Crippen molar-refractivity contribution in [2.24, 2.45) is 0 Å². The van der Waals surface area contributed by atoms with Crippen molar-refractivity contribution >= 4 is 28.9 Å². The van der Waals surface area contributed by atoms with E-state index in [-0.39, 0.29) is 0 Å². The lowest BCUT2D eigenvalue weighted by molar-refractivity contribution is 0.111. The Kier molecular flexibility index (Phi) is 2.86. The van der Waals surface area contributed by atoms with Crippen LogP contribution in [0.1, 0.15) is 16.2 Å². The third-order valence-electron chi connectivity index (χ3n) is 2.10. The molecule has 0 aliphatic heterocycles. The fourth-order valence-corrected chi connectivity index (χ4v) is 1.76. The van der Waals surface area contributed by atoms with Crippen LogP contribution >= 0.6 is 22.6 Å². The van der Waals surface area contributed by atoms with Crippen LogP contribution in [0.25, 0.3) is 5.69 Å². The van der Waals surface area contributed by atoms with Crippen LogP contribution in [0, 0.1) is 10.5 Å². The van der Waals surface area contributed by atoms with Crippen molar-refractivity contribution in [2.75, 3.05) is 0 Å². The second-order valence-corrected chi connectivity index (χ2v) is 4.46. The van der Waals surface area contributed by atoms with Crippen LogP contribution in [0.3, 0.4) is 0 Å². The predicted molar refractivity (Wildman–Crippen MR) is 66.4 cm³/mol. The Hall–Kier alpha value is -1.17. The monoisotopic (exact) mass is 312 g/mol. The van der Waals surface area contributed by atoms with Crippen molar-refractivity contribution in [3.63, 3.8) is 0 Å². The van der Waals surface area contributed by atoms with Gasteiger partial charge in [0.05, 0.1) is 5.69 Å². The third kappa shape index (κ3) is 2.09. The van der Waals surface area contributed by atoms with E-state index in [1.54, 1.807) is 10.7 Å². The predicted octanol–water partition coefficient (Wildman–Crippen LogP) is 2.60. The van der Waals surface area contributed by atoms with Crippen molar-refractivity contribution in [2.45, 2.75) is 6.92 Å². The molecule has 0 amide bonds. The number of carbonyl (C=O) groups is 1. The van der Waals surface area contributed by atoms with Crippen molar-refractivity contribution in [1.82, 2.24) is 9.78 Å². The average Bonchev–Trinajstić information content (AvgIpc) is 2.61. The summed E-state index contributed by atoms with van der Waals surface area (Å²) < 4.78 is 2.94. The number of aryl methyl sites for hydroxylation is 1. The van der Waals surface area contributed by atoms with Gasteiger partial charge in [-0.1, -0.05) is 0 Å². The van der Waals surface area contributed by atoms with Crippen molar-refractivity contribution < 1.29 is 4.79 Å². The minimum atomic E-state index is 0.464. The van der Waals surface area contributed by atoms with Gasteiger partial charge in [0, 0.05) is 9.26 Å². The number of nitrogens with zero attached hydrogens (tertiary/aromatic N) is 2. The molecule has 4 heteroatoms. The molecular formula is C11H9IN2O. The maximum Gasteiger partial charge on any atom is 0.170 e. The lowest BCUT2D eigenvalue weighted by Crippen LogP contribution is -1.98. The number of aldehydes is 1. The summed E-state index contributed by atoms with van der Waals surface area (Å²) in [4.78, 5) is 10.6. The average molecular weight is 312 g/mol. The van der Waals surface area contributed by atoms with Gasteiger partial charge in [-0.25, -0.2) is 4.68 Å². The third-order valence-corrected chi connectivity index (χ3v) is 2.82. The molecule has 0 atom stereocenters. The van der Waals surface area contributed by atoms with Crippen LogP contribution in [-0.2, 0) is 0 Å². The molecule has 1 aromatic carbocycles. The van der Waals surface area contributed by atoms with Crippen LogP contribution in [0.5, 0.6) is 0 Å². The van der Waals surface area contributed by atoms with E-state index in [9.17, 15) is 4.79 Å². The van der Waals surface area contributed by atoms with Gasteiger partial charge < -0.3 is 0 Å². The second-order valence-electron chi connectivity index (χ2n) is 3.22. The summed E-state index contributed by atoms with van der Waals surface area (Å²) in [5.74, 6) is 0. The molecule has 0 spiro atoms. The summed E-state index contributed by atoms with van der Waals surface area (Å²) >= 11 is 2.25. The molecule has 2 aromatic rings. The SMILES string of the molecule is Cc1cc(C=O)nn1-c1ccc(I)cc1. The zero-order valence-electron chi connectivity index (χ0n) is 8.14. The van der Waals surface area contributed by atoms with Crippen molar-refractivity contribution in [3.8, 4) is 5.69 Å². The molecule has 0 saturated heterocycles. The molecule has 0 saturated carbocycles. The Bertz CT molecular complexity index is 488. The maximum absolute atomic E-state index is 10.6. The Balaban J connectivity index is 2.48. The molecule has 0 aliphatic rings. The van der Waals surface area contributed by atoms with E-state index in [0.29, 0.717) is 5.69 Å². The smallest absolute Gasteiger partial charge is 0.170 e. The van der Waals surface area contributed by atoms with Gasteiger partial charge in [0.2, 0.25) is 0 Å². The van der Waals surface area contributed by atoms with Crippen LogP contribution < -0.4 is 0 Å². The molecule has 15 heavy (non-hydrogen) atoms. The molecule has 2 rings (SSSR count). The van der Waals surface area contributed by atoms with Gasteiger partial charge in [-0.2, -0.15) is 5.10 Å². The first-order valence-corrected chi connectivity index (χ1v) is 5.56. The minimum Gasteiger partial charge on any atom is -0.296 e. The summed E-state index contributed by atoms with van der Waals surface area (Å²) in [6.45, 7) is 1.93. The Labute approximate surface area is 101 Å². The van der Waals surface area contributed by atoms with Gasteiger partial charge in [0.1, 0.15) is 5.69 Å². The number of carbonyl (C=O) groups excluding carboxylic acids is 1. The van der Waals surface area contributed by atoms with Crippen molar-refractivity contribution in [1.29, 1.82) is 0 Å². The number of aromatic nitrogens is 2. The number of halogens is 1. The minimum absolute atomic E-state index is 0.464. The highest BCUT2D eigenvalue weighted by Gasteiger charge is 2.04. The van der Waals surface area contributed by atoms with E-state index < -0.39 is 0 Å². The molecular weight excluding hydrogens is 303 g/mol. The molecule has 0 unspecified atom stereocenters. The van der Waals surface area contributed by atoms with E-state index in [1.807, 2.05) is 31.2 Å². The molecule has 0 bridgehead atoms. The highest BCUT2D eigenvalue weighted by Crippen LogP contribution is 2.13. The first kappa shape index (κ1) is 10.4. The topological polar surface area (TPSA) is 34.9 Å². The molecule has 3 nitrogen and oxygen atoms in total. The van der Waals surface area contributed by atoms with E-state index in [2.05, 4.69) is 27.7 Å². The number of rotatable bonds is 2. The summed E-state index contributed by atoms with van der Waals surface area (Å²) in [7, 11) is 0. The first-order chi connectivity index (χ1) is 7.20. The molecule has 0 fully saturated rings. The fraction of sp³-hybridized carbons (Fsp3) is 0.0909. The summed E-state index contributed by atoms with van der Waals surface area (Å²) in [6, 6.07) is 9.76. The Morgan fingerprint density at radius 2 is 2.00 bits per heavy atom. The molecule has 0 N–H and O–H groups in total. The van der Waals surface area contributed by atoms with Crippen LogP contribution in [0.4, 0.5) is 0 Å².